The molecule has 3 atom stereocenters. The van der Waals surface area contributed by atoms with E-state index in [1.807, 2.05) is 6.92 Å². The number of aryl methyl sites for hydroxylation is 1. The van der Waals surface area contributed by atoms with E-state index in [9.17, 15) is 13.9 Å². The number of aromatic hydroxyl groups is 1. The molecule has 2 aliphatic heterocycles. The van der Waals surface area contributed by atoms with Crippen LogP contribution in [0.1, 0.15) is 37.3 Å². The molecule has 7 heteroatoms. The van der Waals surface area contributed by atoms with Crippen molar-refractivity contribution in [2.75, 3.05) is 18.0 Å². The number of hydrogen-bond donors (Lipinski definition) is 2. The third-order valence-electron chi connectivity index (χ3n) is 5.67. The summed E-state index contributed by atoms with van der Waals surface area (Å²) in [5.41, 5.74) is 0.972. The minimum Gasteiger partial charge on any atom is -0.507 e. The average Bonchev–Trinajstić information content (AvgIpc) is 3.04. The van der Waals surface area contributed by atoms with Crippen molar-refractivity contribution < 1.29 is 13.9 Å². The predicted octanol–water partition coefficient (Wildman–Crippen LogP) is 3.67. The fourth-order valence-electron chi connectivity index (χ4n) is 4.27. The van der Waals surface area contributed by atoms with Crippen molar-refractivity contribution in [2.24, 2.45) is 5.92 Å². The van der Waals surface area contributed by atoms with Gasteiger partial charge in [-0.05, 0) is 56.0 Å². The summed E-state index contributed by atoms with van der Waals surface area (Å²) in [6.07, 6.45) is -0.704. The second kappa shape index (κ2) is 7.03. The first-order valence-corrected chi connectivity index (χ1v) is 9.40. The minimum absolute atomic E-state index is 0.0390. The highest BCUT2D eigenvalue weighted by molar-refractivity contribution is 5.71. The van der Waals surface area contributed by atoms with Crippen molar-refractivity contribution in [3.8, 4) is 17.0 Å². The lowest BCUT2D eigenvalue weighted by Crippen LogP contribution is -2.50. The van der Waals surface area contributed by atoms with E-state index in [2.05, 4.69) is 27.3 Å². The molecule has 3 heterocycles. The van der Waals surface area contributed by atoms with Crippen molar-refractivity contribution >= 4 is 5.82 Å². The lowest BCUT2D eigenvalue weighted by molar-refractivity contribution is 0.151. The molecule has 0 aliphatic carbocycles. The van der Waals surface area contributed by atoms with Crippen molar-refractivity contribution in [1.82, 2.24) is 15.5 Å². The Labute approximate surface area is 157 Å². The van der Waals surface area contributed by atoms with Crippen LogP contribution in [0.3, 0.4) is 0 Å². The summed E-state index contributed by atoms with van der Waals surface area (Å²) in [5.74, 6) is 0.965. The van der Waals surface area contributed by atoms with Crippen molar-refractivity contribution in [2.45, 2.75) is 45.2 Å². The van der Waals surface area contributed by atoms with Gasteiger partial charge in [0.2, 0.25) is 0 Å². The molecule has 0 radical (unpaired) electrons. The number of nitrogens with one attached hydrogen (secondary N) is 1. The number of fused-ring (bicyclic) bond motifs is 1. The van der Waals surface area contributed by atoms with Crippen LogP contribution in [0.15, 0.2) is 24.3 Å². The first kappa shape index (κ1) is 18.1. The number of piperidine rings is 1. The molecule has 0 spiro atoms. The molecule has 0 saturated carbocycles. The summed E-state index contributed by atoms with van der Waals surface area (Å²) in [5, 5.41) is 22.1. The third-order valence-corrected chi connectivity index (χ3v) is 5.67. The van der Waals surface area contributed by atoms with Gasteiger partial charge in [-0.3, -0.25) is 0 Å². The summed E-state index contributed by atoms with van der Waals surface area (Å²) < 4.78 is 27.6. The highest BCUT2D eigenvalue weighted by Crippen LogP contribution is 2.38. The molecule has 2 saturated heterocycles. The smallest absolute Gasteiger partial charge is 0.266 e. The van der Waals surface area contributed by atoms with Crippen LogP contribution in [0, 0.1) is 12.8 Å². The molecule has 4 rings (SSSR count). The SMILES string of the molecule is Cc1ccc(-c2nnc(N3CC[C@H]4NCC(C)C[C@@H]43)cc2C(F)F)c(O)c1. The van der Waals surface area contributed by atoms with E-state index in [4.69, 9.17) is 0 Å². The van der Waals surface area contributed by atoms with E-state index in [-0.39, 0.29) is 28.6 Å². The lowest BCUT2D eigenvalue weighted by atomic mass is 9.92. The summed E-state index contributed by atoms with van der Waals surface area (Å²) in [6, 6.07) is 6.98. The van der Waals surface area contributed by atoms with Crippen LogP contribution in [-0.4, -0.2) is 40.5 Å². The molecule has 2 aromatic rings. The Balaban J connectivity index is 1.71. The molecule has 0 bridgehead atoms. The Hall–Kier alpha value is -2.28. The molecule has 0 amide bonds. The van der Waals surface area contributed by atoms with Gasteiger partial charge in [-0.2, -0.15) is 0 Å². The van der Waals surface area contributed by atoms with Crippen LogP contribution in [0.25, 0.3) is 11.3 Å². The molecule has 27 heavy (non-hydrogen) atoms. The molecular formula is C20H24F2N4O. The van der Waals surface area contributed by atoms with E-state index >= 15 is 0 Å². The Kier molecular flexibility index (Phi) is 4.72. The highest BCUT2D eigenvalue weighted by atomic mass is 19.3. The number of hydrogen-bond acceptors (Lipinski definition) is 5. The van der Waals surface area contributed by atoms with E-state index in [0.717, 1.165) is 31.5 Å². The Morgan fingerprint density at radius 2 is 2.07 bits per heavy atom. The topological polar surface area (TPSA) is 61.3 Å². The number of aromatic nitrogens is 2. The minimum atomic E-state index is -2.70. The highest BCUT2D eigenvalue weighted by Gasteiger charge is 2.39. The van der Waals surface area contributed by atoms with Crippen LogP contribution in [0.2, 0.25) is 0 Å². The van der Waals surface area contributed by atoms with E-state index in [1.165, 1.54) is 6.07 Å². The van der Waals surface area contributed by atoms with Gasteiger partial charge >= 0.3 is 0 Å². The average molecular weight is 374 g/mol. The molecular weight excluding hydrogens is 350 g/mol. The number of benzene rings is 1. The number of halogens is 2. The maximum Gasteiger partial charge on any atom is 0.266 e. The quantitative estimate of drug-likeness (QED) is 0.858. The van der Waals surface area contributed by atoms with Crippen LogP contribution in [-0.2, 0) is 0 Å². The zero-order valence-electron chi connectivity index (χ0n) is 15.5. The van der Waals surface area contributed by atoms with Gasteiger partial charge in [0, 0.05) is 29.8 Å². The van der Waals surface area contributed by atoms with Crippen molar-refractivity contribution in [3.63, 3.8) is 0 Å². The maximum atomic E-state index is 13.8. The van der Waals surface area contributed by atoms with Crippen molar-refractivity contribution in [3.05, 3.63) is 35.4 Å². The van der Waals surface area contributed by atoms with Crippen LogP contribution in [0.5, 0.6) is 5.75 Å². The van der Waals surface area contributed by atoms with E-state index < -0.39 is 6.43 Å². The van der Waals surface area contributed by atoms with Gasteiger partial charge in [-0.1, -0.05) is 13.0 Å². The number of anilines is 1. The molecule has 2 aliphatic rings. The number of alkyl halides is 2. The fourth-order valence-corrected chi connectivity index (χ4v) is 4.27. The number of rotatable bonds is 3. The second-order valence-corrected chi connectivity index (χ2v) is 7.73. The van der Waals surface area contributed by atoms with E-state index in [0.29, 0.717) is 17.8 Å². The standard InChI is InChI=1S/C20H24F2N4O/c1-11-3-4-13(17(27)8-11)19-14(20(21)22)9-18(24-25-19)26-6-5-15-16(26)7-12(2)10-23-15/h3-4,8-9,12,15-16,20,23,27H,5-7,10H2,1-2H3/t12?,15-,16+/m1/s1. The predicted molar refractivity (Wildman–Crippen MR) is 100 cm³/mol. The Morgan fingerprint density at radius 3 is 2.81 bits per heavy atom. The number of phenols is 1. The largest absolute Gasteiger partial charge is 0.507 e. The summed E-state index contributed by atoms with van der Waals surface area (Å²) >= 11 is 0. The van der Waals surface area contributed by atoms with Gasteiger partial charge in [0.25, 0.3) is 6.43 Å². The molecule has 5 nitrogen and oxygen atoms in total. The zero-order chi connectivity index (χ0) is 19.1. The molecule has 1 aromatic heterocycles. The van der Waals surface area contributed by atoms with Gasteiger partial charge in [-0.25, -0.2) is 8.78 Å². The summed E-state index contributed by atoms with van der Waals surface area (Å²) in [7, 11) is 0. The van der Waals surface area contributed by atoms with Gasteiger partial charge in [0.05, 0.1) is 0 Å². The van der Waals surface area contributed by atoms with Crippen molar-refractivity contribution in [1.29, 1.82) is 0 Å². The van der Waals surface area contributed by atoms with E-state index in [1.54, 1.807) is 18.2 Å². The first-order valence-electron chi connectivity index (χ1n) is 9.40. The molecule has 2 N–H and O–H groups in total. The first-order chi connectivity index (χ1) is 12.9. The van der Waals surface area contributed by atoms with Gasteiger partial charge in [-0.15, -0.1) is 10.2 Å². The molecule has 2 fully saturated rings. The number of nitrogens with zero attached hydrogens (tertiary/aromatic N) is 3. The van der Waals surface area contributed by atoms with Gasteiger partial charge in [0.15, 0.2) is 5.82 Å². The van der Waals surface area contributed by atoms with Gasteiger partial charge in [0.1, 0.15) is 11.4 Å². The third kappa shape index (κ3) is 3.36. The fraction of sp³-hybridized carbons (Fsp3) is 0.500. The Bertz CT molecular complexity index is 845. The number of phenolic OH excluding ortho intramolecular Hbond substituents is 1. The lowest BCUT2D eigenvalue weighted by Gasteiger charge is -2.36. The van der Waals surface area contributed by atoms with Crippen LogP contribution >= 0.6 is 0 Å². The molecule has 1 aromatic carbocycles. The summed E-state index contributed by atoms with van der Waals surface area (Å²) in [6.45, 7) is 5.80. The second-order valence-electron chi connectivity index (χ2n) is 7.73. The monoisotopic (exact) mass is 374 g/mol. The molecule has 1 unspecified atom stereocenters. The Morgan fingerprint density at radius 1 is 1.26 bits per heavy atom. The zero-order valence-corrected chi connectivity index (χ0v) is 15.5. The van der Waals surface area contributed by atoms with Crippen LogP contribution < -0.4 is 10.2 Å². The maximum absolute atomic E-state index is 13.8. The van der Waals surface area contributed by atoms with Gasteiger partial charge < -0.3 is 15.3 Å². The summed E-state index contributed by atoms with van der Waals surface area (Å²) in [4.78, 5) is 2.10. The molecule has 144 valence electrons. The van der Waals surface area contributed by atoms with Crippen LogP contribution in [0.4, 0.5) is 14.6 Å². The normalized spacial score (nSPS) is 25.1.